The van der Waals surface area contributed by atoms with Gasteiger partial charge in [0.25, 0.3) is 0 Å². The van der Waals surface area contributed by atoms with Crippen LogP contribution in [0.4, 0.5) is 0 Å². The van der Waals surface area contributed by atoms with E-state index in [2.05, 4.69) is 20.2 Å². The average Bonchev–Trinajstić information content (AvgIpc) is 3.37. The topological polar surface area (TPSA) is 123 Å². The zero-order chi connectivity index (χ0) is 18.7. The van der Waals surface area contributed by atoms with Gasteiger partial charge < -0.3 is 14.6 Å². The number of benzene rings is 1. The molecule has 1 fully saturated rings. The van der Waals surface area contributed by atoms with Crippen molar-refractivity contribution >= 4 is 15.9 Å². The van der Waals surface area contributed by atoms with Crippen molar-refractivity contribution in [1.82, 2.24) is 20.2 Å². The van der Waals surface area contributed by atoms with Crippen molar-refractivity contribution in [3.8, 4) is 5.75 Å². The van der Waals surface area contributed by atoms with Crippen LogP contribution in [-0.2, 0) is 21.4 Å². The van der Waals surface area contributed by atoms with Gasteiger partial charge in [-0.3, -0.25) is 4.79 Å². The van der Waals surface area contributed by atoms with E-state index in [1.54, 1.807) is 0 Å². The molecule has 2 N–H and O–H groups in total. The van der Waals surface area contributed by atoms with Gasteiger partial charge in [0, 0.05) is 5.92 Å². The molecule has 9 nitrogen and oxygen atoms in total. The van der Waals surface area contributed by atoms with Crippen molar-refractivity contribution < 1.29 is 22.5 Å². The molecule has 1 heterocycles. The summed E-state index contributed by atoms with van der Waals surface area (Å²) in [6.45, 7) is 1.51. The summed E-state index contributed by atoms with van der Waals surface area (Å²) in [6, 6.07) is 4.92. The summed E-state index contributed by atoms with van der Waals surface area (Å²) in [5.41, 5.74) is 0. The molecule has 10 heteroatoms. The summed E-state index contributed by atoms with van der Waals surface area (Å²) in [6.07, 6.45) is 2.10. The van der Waals surface area contributed by atoms with Gasteiger partial charge in [-0.15, -0.1) is 0 Å². The molecule has 0 aliphatic heterocycles. The molecule has 1 aromatic carbocycles. The number of hydrogen-bond acceptors (Lipinski definition) is 7. The van der Waals surface area contributed by atoms with Crippen molar-refractivity contribution in [3.63, 3.8) is 0 Å². The average molecular weight is 380 g/mol. The Hall–Kier alpha value is -2.46. The van der Waals surface area contributed by atoms with E-state index in [1.807, 2.05) is 0 Å². The van der Waals surface area contributed by atoms with Gasteiger partial charge in [0.05, 0.1) is 24.6 Å². The monoisotopic (exact) mass is 380 g/mol. The van der Waals surface area contributed by atoms with Gasteiger partial charge in [0.1, 0.15) is 5.75 Å². The van der Waals surface area contributed by atoms with Gasteiger partial charge in [-0.1, -0.05) is 5.16 Å². The van der Waals surface area contributed by atoms with Gasteiger partial charge in [-0.05, 0) is 44.0 Å². The first-order valence-electron chi connectivity index (χ1n) is 8.15. The predicted molar refractivity (Wildman–Crippen MR) is 90.9 cm³/mol. The van der Waals surface area contributed by atoms with E-state index < -0.39 is 22.0 Å². The van der Waals surface area contributed by atoms with Crippen molar-refractivity contribution in [3.05, 3.63) is 36.0 Å². The van der Waals surface area contributed by atoms with Crippen LogP contribution >= 0.6 is 0 Å². The molecule has 140 valence electrons. The molecule has 0 spiro atoms. The highest BCUT2D eigenvalue weighted by molar-refractivity contribution is 7.89. The quantitative estimate of drug-likeness (QED) is 0.698. The normalized spacial score (nSPS) is 15.5. The number of methoxy groups -OCH3 is 1. The van der Waals surface area contributed by atoms with Gasteiger partial charge in [0.15, 0.2) is 5.82 Å². The van der Waals surface area contributed by atoms with Gasteiger partial charge >= 0.3 is 0 Å². The van der Waals surface area contributed by atoms with Crippen LogP contribution in [0.2, 0.25) is 0 Å². The summed E-state index contributed by atoms with van der Waals surface area (Å²) >= 11 is 0. The van der Waals surface area contributed by atoms with E-state index in [-0.39, 0.29) is 11.4 Å². The molecule has 0 bridgehead atoms. The molecule has 0 unspecified atom stereocenters. The van der Waals surface area contributed by atoms with Crippen LogP contribution in [0.3, 0.4) is 0 Å². The number of sulfonamides is 1. The van der Waals surface area contributed by atoms with Crippen LogP contribution in [0.15, 0.2) is 33.7 Å². The molecular formula is C16H20N4O5S. The van der Waals surface area contributed by atoms with Crippen LogP contribution in [0.1, 0.15) is 37.4 Å². The lowest BCUT2D eigenvalue weighted by Gasteiger charge is -2.14. The molecule has 26 heavy (non-hydrogen) atoms. The van der Waals surface area contributed by atoms with Crippen LogP contribution < -0.4 is 14.8 Å². The maximum Gasteiger partial charge on any atom is 0.246 e. The van der Waals surface area contributed by atoms with Crippen molar-refractivity contribution in [2.45, 2.75) is 43.2 Å². The second-order valence-electron chi connectivity index (χ2n) is 6.06. The fourth-order valence-corrected chi connectivity index (χ4v) is 3.48. The fourth-order valence-electron chi connectivity index (χ4n) is 2.27. The Morgan fingerprint density at radius 1 is 1.35 bits per heavy atom. The van der Waals surface area contributed by atoms with Crippen molar-refractivity contribution in [2.24, 2.45) is 0 Å². The SMILES string of the molecule is COc1ccc(S(=O)(=O)N[C@@H](C)C(=O)NCc2nc(C3CC3)no2)cc1. The summed E-state index contributed by atoms with van der Waals surface area (Å²) < 4.78 is 37.1. The fraction of sp³-hybridized carbons (Fsp3) is 0.438. The predicted octanol–water partition coefficient (Wildman–Crippen LogP) is 0.939. The third-order valence-corrected chi connectivity index (χ3v) is 5.49. The zero-order valence-corrected chi connectivity index (χ0v) is 15.2. The molecule has 1 atom stereocenters. The maximum atomic E-state index is 12.3. The first-order valence-corrected chi connectivity index (χ1v) is 9.64. The second-order valence-corrected chi connectivity index (χ2v) is 7.77. The van der Waals surface area contributed by atoms with Crippen LogP contribution in [0, 0.1) is 0 Å². The largest absolute Gasteiger partial charge is 0.497 e. The van der Waals surface area contributed by atoms with E-state index in [0.717, 1.165) is 12.8 Å². The Morgan fingerprint density at radius 2 is 2.04 bits per heavy atom. The number of carbonyl (C=O) groups excluding carboxylic acids is 1. The second kappa shape index (κ2) is 7.42. The minimum Gasteiger partial charge on any atom is -0.497 e. The standard InChI is InChI=1S/C16H20N4O5S/c1-10(20-26(22,23)13-7-5-12(24-2)6-8-13)16(21)17-9-14-18-15(19-25-14)11-3-4-11/h5-8,10-11,20H,3-4,9H2,1-2H3,(H,17,21)/t10-/m0/s1. The molecule has 1 aliphatic rings. The highest BCUT2D eigenvalue weighted by Crippen LogP contribution is 2.38. The number of hydrogen-bond donors (Lipinski definition) is 2. The summed E-state index contributed by atoms with van der Waals surface area (Å²) in [4.78, 5) is 16.4. The van der Waals surface area contributed by atoms with Crippen molar-refractivity contribution in [2.75, 3.05) is 7.11 Å². The van der Waals surface area contributed by atoms with Crippen LogP contribution in [0.25, 0.3) is 0 Å². The molecule has 1 amide bonds. The first-order chi connectivity index (χ1) is 12.4. The Labute approximate surface area is 151 Å². The third kappa shape index (κ3) is 4.38. The summed E-state index contributed by atoms with van der Waals surface area (Å²) in [7, 11) is -2.34. The smallest absolute Gasteiger partial charge is 0.246 e. The first kappa shape index (κ1) is 18.3. The molecule has 0 radical (unpaired) electrons. The lowest BCUT2D eigenvalue weighted by atomic mass is 10.3. The van der Waals surface area contributed by atoms with E-state index in [9.17, 15) is 13.2 Å². The number of rotatable bonds is 8. The molecule has 0 saturated heterocycles. The van der Waals surface area contributed by atoms with Crippen LogP contribution in [-0.4, -0.2) is 37.6 Å². The van der Waals surface area contributed by atoms with E-state index in [4.69, 9.17) is 9.26 Å². The number of ether oxygens (including phenoxy) is 1. The van der Waals surface area contributed by atoms with Gasteiger partial charge in [0.2, 0.25) is 21.8 Å². The Kier molecular flexibility index (Phi) is 5.23. The Bertz CT molecular complexity index is 874. The number of nitrogens with zero attached hydrogens (tertiary/aromatic N) is 2. The molecule has 2 aromatic rings. The molecule has 1 saturated carbocycles. The number of carbonyl (C=O) groups is 1. The minimum atomic E-state index is -3.83. The molecule has 1 aliphatic carbocycles. The Balaban J connectivity index is 1.54. The zero-order valence-electron chi connectivity index (χ0n) is 14.4. The maximum absolute atomic E-state index is 12.3. The molecule has 1 aromatic heterocycles. The van der Waals surface area contributed by atoms with Gasteiger partial charge in [-0.2, -0.15) is 9.71 Å². The van der Waals surface area contributed by atoms with E-state index in [1.165, 1.54) is 38.3 Å². The van der Waals surface area contributed by atoms with Gasteiger partial charge in [-0.25, -0.2) is 8.42 Å². The lowest BCUT2D eigenvalue weighted by molar-refractivity contribution is -0.122. The summed E-state index contributed by atoms with van der Waals surface area (Å²) in [5.74, 6) is 1.36. The van der Waals surface area contributed by atoms with Crippen LogP contribution in [0.5, 0.6) is 5.75 Å². The van der Waals surface area contributed by atoms with E-state index >= 15 is 0 Å². The lowest BCUT2D eigenvalue weighted by Crippen LogP contribution is -2.44. The third-order valence-electron chi connectivity index (χ3n) is 3.94. The highest BCUT2D eigenvalue weighted by Gasteiger charge is 2.29. The number of nitrogens with one attached hydrogen (secondary N) is 2. The highest BCUT2D eigenvalue weighted by atomic mass is 32.2. The van der Waals surface area contributed by atoms with Crippen molar-refractivity contribution in [1.29, 1.82) is 0 Å². The van der Waals surface area contributed by atoms with E-state index in [0.29, 0.717) is 23.4 Å². The summed E-state index contributed by atoms with van der Waals surface area (Å²) in [5, 5.41) is 6.44. The number of amides is 1. The molecular weight excluding hydrogens is 360 g/mol. The molecule has 3 rings (SSSR count). The Morgan fingerprint density at radius 3 is 2.65 bits per heavy atom. The number of aromatic nitrogens is 2. The minimum absolute atomic E-state index is 0.0453.